The molecule has 0 aromatic carbocycles. The van der Waals surface area contributed by atoms with Gasteiger partial charge >= 0.3 is 39.5 Å². The summed E-state index contributed by atoms with van der Waals surface area (Å²) in [6.45, 7) is 9.45. The molecule has 0 heterocycles. The Kier molecular flexibility index (Phi) is 63.7. The SMILES string of the molecule is CCCCCCCCCCCCCCCCCCCCCCCC(=O)O[C@H](COC(=O)CCCCCCCCCCCCC)COP(=O)(O)OC[C@@H](O)COP(=O)(O)OC[C@@H](COC(=O)CCCCCCCCC(C)CC)OC(=O)CCCCCCCCCC(C)C. The Bertz CT molecular complexity index is 1790. The van der Waals surface area contributed by atoms with E-state index in [1.54, 1.807) is 0 Å². The summed E-state index contributed by atoms with van der Waals surface area (Å²) in [5.74, 6) is -0.698. The second-order valence-electron chi connectivity index (χ2n) is 27.1. The van der Waals surface area contributed by atoms with Crippen LogP contribution in [0.5, 0.6) is 0 Å². The van der Waals surface area contributed by atoms with Crippen LogP contribution in [0.2, 0.25) is 0 Å². The molecule has 17 nitrogen and oxygen atoms in total. The highest BCUT2D eigenvalue weighted by Gasteiger charge is 2.30. The lowest BCUT2D eigenvalue weighted by molar-refractivity contribution is -0.161. The lowest BCUT2D eigenvalue weighted by Crippen LogP contribution is -2.30. The minimum absolute atomic E-state index is 0.103. The standard InChI is InChI=1S/C73H142O17P2/c1-7-10-12-14-16-18-20-21-22-23-24-25-26-27-28-29-31-33-37-45-51-57-72(77)89-68(61-83-70(75)55-49-43-36-32-30-19-17-15-13-11-8-2)63-87-91(79,80)85-59-67(74)60-86-92(81,82)88-64-69(90-73(78)58-52-46-38-34-35-41-47-53-65(4)5)62-84-71(76)56-50-44-40-39-42-48-54-66(6)9-3/h65-69,74H,7-64H2,1-6H3,(H,79,80)(H,81,82)/t66?,67-,68-,69-/m1/s1. The number of ether oxygens (including phenoxy) is 4. The number of phosphoric ester groups is 2. The Hall–Kier alpha value is -1.94. The average Bonchev–Trinajstić information content (AvgIpc) is 1.80. The first kappa shape index (κ1) is 90.1. The van der Waals surface area contributed by atoms with Gasteiger partial charge in [-0.1, -0.05) is 324 Å². The van der Waals surface area contributed by atoms with Crippen LogP contribution < -0.4 is 0 Å². The topological polar surface area (TPSA) is 237 Å². The molecule has 546 valence electrons. The van der Waals surface area contributed by atoms with Gasteiger partial charge in [-0.15, -0.1) is 0 Å². The number of hydrogen-bond acceptors (Lipinski definition) is 15. The van der Waals surface area contributed by atoms with Gasteiger partial charge in [0.2, 0.25) is 0 Å². The van der Waals surface area contributed by atoms with Gasteiger partial charge in [-0.05, 0) is 37.5 Å². The number of rotatable bonds is 72. The molecule has 6 atom stereocenters. The zero-order valence-electron chi connectivity index (χ0n) is 59.9. The van der Waals surface area contributed by atoms with Gasteiger partial charge in [0.1, 0.15) is 19.3 Å². The Morgan fingerprint density at radius 2 is 0.554 bits per heavy atom. The molecule has 0 spiro atoms. The number of aliphatic hydroxyl groups excluding tert-OH is 1. The summed E-state index contributed by atoms with van der Waals surface area (Å²) in [6, 6.07) is 0. The Morgan fingerprint density at radius 1 is 0.315 bits per heavy atom. The van der Waals surface area contributed by atoms with E-state index in [1.807, 2.05) is 0 Å². The summed E-state index contributed by atoms with van der Waals surface area (Å²) in [6.07, 6.45) is 51.6. The molecule has 0 fully saturated rings. The Labute approximate surface area is 562 Å². The van der Waals surface area contributed by atoms with Crippen LogP contribution in [0.4, 0.5) is 0 Å². The number of aliphatic hydroxyl groups is 1. The quantitative estimate of drug-likeness (QED) is 0.0222. The van der Waals surface area contributed by atoms with E-state index in [0.717, 1.165) is 102 Å². The van der Waals surface area contributed by atoms with E-state index in [-0.39, 0.29) is 25.7 Å². The van der Waals surface area contributed by atoms with Crippen LogP contribution in [0.15, 0.2) is 0 Å². The molecule has 92 heavy (non-hydrogen) atoms. The maximum absolute atomic E-state index is 13.0. The first-order valence-electron chi connectivity index (χ1n) is 38.0. The maximum atomic E-state index is 13.0. The maximum Gasteiger partial charge on any atom is 0.472 e. The average molecular weight is 1350 g/mol. The van der Waals surface area contributed by atoms with Crippen LogP contribution in [0.1, 0.15) is 375 Å². The molecule has 0 aromatic rings. The van der Waals surface area contributed by atoms with Gasteiger partial charge in [0.05, 0.1) is 26.4 Å². The van der Waals surface area contributed by atoms with Crippen molar-refractivity contribution in [3.63, 3.8) is 0 Å². The number of carbonyl (C=O) groups excluding carboxylic acids is 4. The number of phosphoric acid groups is 2. The van der Waals surface area contributed by atoms with E-state index < -0.39 is 97.5 Å². The molecular formula is C73H142O17P2. The molecule has 0 aliphatic heterocycles. The van der Waals surface area contributed by atoms with Crippen molar-refractivity contribution in [1.29, 1.82) is 0 Å². The van der Waals surface area contributed by atoms with E-state index in [9.17, 15) is 43.2 Å². The first-order chi connectivity index (χ1) is 44.4. The predicted molar refractivity (Wildman–Crippen MR) is 372 cm³/mol. The van der Waals surface area contributed by atoms with Crippen LogP contribution in [0.25, 0.3) is 0 Å². The van der Waals surface area contributed by atoms with Crippen molar-refractivity contribution in [3.05, 3.63) is 0 Å². The van der Waals surface area contributed by atoms with E-state index in [0.29, 0.717) is 31.6 Å². The molecule has 0 aliphatic carbocycles. The fourth-order valence-corrected chi connectivity index (χ4v) is 12.7. The summed E-state index contributed by atoms with van der Waals surface area (Å²) in [5, 5.41) is 10.6. The van der Waals surface area contributed by atoms with Crippen molar-refractivity contribution in [3.8, 4) is 0 Å². The van der Waals surface area contributed by atoms with Crippen LogP contribution in [0.3, 0.4) is 0 Å². The Morgan fingerprint density at radius 3 is 0.826 bits per heavy atom. The predicted octanol–water partition coefficient (Wildman–Crippen LogP) is 21.2. The highest BCUT2D eigenvalue weighted by Crippen LogP contribution is 2.45. The van der Waals surface area contributed by atoms with Gasteiger partial charge < -0.3 is 33.8 Å². The zero-order chi connectivity index (χ0) is 67.9. The van der Waals surface area contributed by atoms with Crippen molar-refractivity contribution >= 4 is 39.5 Å². The van der Waals surface area contributed by atoms with Gasteiger partial charge in [-0.25, -0.2) is 9.13 Å². The summed E-state index contributed by atoms with van der Waals surface area (Å²) in [7, 11) is -9.90. The normalized spacial score (nSPS) is 14.4. The molecule has 19 heteroatoms. The highest BCUT2D eigenvalue weighted by atomic mass is 31.2. The third-order valence-corrected chi connectivity index (χ3v) is 19.2. The molecule has 0 saturated heterocycles. The van der Waals surface area contributed by atoms with Gasteiger partial charge in [0.25, 0.3) is 0 Å². The molecule has 0 aromatic heterocycles. The number of hydrogen-bond donors (Lipinski definition) is 3. The minimum Gasteiger partial charge on any atom is -0.462 e. The fourth-order valence-electron chi connectivity index (χ4n) is 11.1. The monoisotopic (exact) mass is 1350 g/mol. The van der Waals surface area contributed by atoms with E-state index in [1.165, 1.54) is 186 Å². The number of unbranched alkanes of at least 4 members (excludes halogenated alkanes) is 41. The van der Waals surface area contributed by atoms with Crippen molar-refractivity contribution in [2.45, 2.75) is 394 Å². The van der Waals surface area contributed by atoms with Crippen molar-refractivity contribution < 1.29 is 80.2 Å². The van der Waals surface area contributed by atoms with Gasteiger partial charge in [0, 0.05) is 25.7 Å². The van der Waals surface area contributed by atoms with E-state index in [4.69, 9.17) is 37.0 Å². The summed E-state index contributed by atoms with van der Waals surface area (Å²) in [4.78, 5) is 72.6. The molecule has 0 saturated carbocycles. The van der Waals surface area contributed by atoms with Crippen LogP contribution in [-0.4, -0.2) is 96.7 Å². The van der Waals surface area contributed by atoms with E-state index in [2.05, 4.69) is 41.5 Å². The lowest BCUT2D eigenvalue weighted by Gasteiger charge is -2.21. The lowest BCUT2D eigenvalue weighted by atomic mass is 10.00. The third kappa shape index (κ3) is 65.4. The molecule has 3 N–H and O–H groups in total. The van der Waals surface area contributed by atoms with Crippen molar-refractivity contribution in [2.24, 2.45) is 11.8 Å². The van der Waals surface area contributed by atoms with Crippen LogP contribution >= 0.6 is 15.6 Å². The largest absolute Gasteiger partial charge is 0.472 e. The third-order valence-electron chi connectivity index (χ3n) is 17.3. The molecule has 0 radical (unpaired) electrons. The highest BCUT2D eigenvalue weighted by molar-refractivity contribution is 7.47. The summed E-state index contributed by atoms with van der Waals surface area (Å²) < 4.78 is 68.3. The van der Waals surface area contributed by atoms with Crippen molar-refractivity contribution in [1.82, 2.24) is 0 Å². The molecule has 3 unspecified atom stereocenters. The number of esters is 4. The molecule has 0 bridgehead atoms. The zero-order valence-corrected chi connectivity index (χ0v) is 61.6. The Balaban J connectivity index is 5.17. The van der Waals surface area contributed by atoms with Crippen LogP contribution in [0, 0.1) is 11.8 Å². The smallest absolute Gasteiger partial charge is 0.462 e. The fraction of sp³-hybridized carbons (Fsp3) is 0.945. The molecular weight excluding hydrogens is 1210 g/mol. The second kappa shape index (κ2) is 65.0. The van der Waals surface area contributed by atoms with Gasteiger partial charge in [-0.3, -0.25) is 37.3 Å². The van der Waals surface area contributed by atoms with E-state index >= 15 is 0 Å². The minimum atomic E-state index is -4.95. The van der Waals surface area contributed by atoms with Crippen molar-refractivity contribution in [2.75, 3.05) is 39.6 Å². The van der Waals surface area contributed by atoms with Crippen LogP contribution in [-0.2, 0) is 65.4 Å². The number of carbonyl (C=O) groups is 4. The molecule has 0 amide bonds. The molecule has 0 rings (SSSR count). The van der Waals surface area contributed by atoms with Gasteiger partial charge in [-0.2, -0.15) is 0 Å². The van der Waals surface area contributed by atoms with Gasteiger partial charge in [0.15, 0.2) is 12.2 Å². The second-order valence-corrected chi connectivity index (χ2v) is 30.0. The summed E-state index contributed by atoms with van der Waals surface area (Å²) in [5.41, 5.74) is 0. The first-order valence-corrected chi connectivity index (χ1v) is 41.0. The molecule has 0 aliphatic rings. The summed E-state index contributed by atoms with van der Waals surface area (Å²) >= 11 is 0.